The first-order valence-corrected chi connectivity index (χ1v) is 9.90. The van der Waals surface area contributed by atoms with E-state index in [-0.39, 0.29) is 11.4 Å². The van der Waals surface area contributed by atoms with Crippen LogP contribution in [0.4, 0.5) is 5.69 Å². The lowest BCUT2D eigenvalue weighted by Crippen LogP contribution is -2.52. The van der Waals surface area contributed by atoms with Crippen molar-refractivity contribution in [3.63, 3.8) is 0 Å². The third kappa shape index (κ3) is 3.18. The van der Waals surface area contributed by atoms with Crippen molar-refractivity contribution < 1.29 is 42.9 Å². The number of rotatable bonds is 5. The molecular weight excluding hydrogens is 422 g/mol. The van der Waals surface area contributed by atoms with Gasteiger partial charge in [0.25, 0.3) is 6.29 Å². The van der Waals surface area contributed by atoms with Crippen LogP contribution in [0.2, 0.25) is 0 Å². The van der Waals surface area contributed by atoms with E-state index in [0.29, 0.717) is 0 Å². The number of esters is 3. The fraction of sp³-hybridized carbons (Fsp3) is 0.409. The number of fused-ring (bicyclic) bond motifs is 5. The maximum atomic E-state index is 13.5. The lowest BCUT2D eigenvalue weighted by atomic mass is 9.72. The third-order valence-corrected chi connectivity index (χ3v) is 5.75. The molecule has 2 amide bonds. The summed E-state index contributed by atoms with van der Waals surface area (Å²) in [5, 5.41) is 0. The van der Waals surface area contributed by atoms with Crippen LogP contribution < -0.4 is 9.64 Å². The van der Waals surface area contributed by atoms with Gasteiger partial charge in [0.05, 0.1) is 23.1 Å². The molecule has 10 heteroatoms. The zero-order valence-corrected chi connectivity index (χ0v) is 17.8. The molecule has 3 heterocycles. The van der Waals surface area contributed by atoms with Crippen LogP contribution in [-0.2, 0) is 38.2 Å². The maximum Gasteiger partial charge on any atom is 0.308 e. The van der Waals surface area contributed by atoms with Crippen LogP contribution in [0.1, 0.15) is 27.7 Å². The molecule has 0 saturated carbocycles. The molecule has 10 nitrogen and oxygen atoms in total. The Morgan fingerprint density at radius 3 is 2.00 bits per heavy atom. The molecule has 2 bridgehead atoms. The molecule has 1 aromatic rings. The summed E-state index contributed by atoms with van der Waals surface area (Å²) in [6.45, 7) is 5.17. The zero-order valence-electron chi connectivity index (χ0n) is 17.8. The Kier molecular flexibility index (Phi) is 4.93. The molecule has 0 N–H and O–H groups in total. The first-order valence-electron chi connectivity index (χ1n) is 9.90. The number of benzene rings is 1. The average molecular weight is 443 g/mol. The highest BCUT2D eigenvalue weighted by molar-refractivity contribution is 6.23. The molecule has 0 unspecified atom stereocenters. The highest BCUT2D eigenvalue weighted by atomic mass is 16.7. The maximum absolute atomic E-state index is 13.5. The lowest BCUT2D eigenvalue weighted by Gasteiger charge is -2.34. The van der Waals surface area contributed by atoms with Crippen molar-refractivity contribution in [1.82, 2.24) is 0 Å². The summed E-state index contributed by atoms with van der Waals surface area (Å²) in [5.74, 6) is -4.81. The number of imide groups is 1. The third-order valence-electron chi connectivity index (χ3n) is 5.75. The van der Waals surface area contributed by atoms with Gasteiger partial charge in [0.2, 0.25) is 11.8 Å². The average Bonchev–Trinajstić information content (AvgIpc) is 3.27. The Labute approximate surface area is 183 Å². The second kappa shape index (κ2) is 7.27. The summed E-state index contributed by atoms with van der Waals surface area (Å²) in [7, 11) is 0. The van der Waals surface area contributed by atoms with E-state index in [9.17, 15) is 24.0 Å². The predicted molar refractivity (Wildman–Crippen MR) is 106 cm³/mol. The van der Waals surface area contributed by atoms with E-state index in [1.807, 2.05) is 0 Å². The quantitative estimate of drug-likeness (QED) is 0.217. The van der Waals surface area contributed by atoms with Gasteiger partial charge in [-0.15, -0.1) is 0 Å². The van der Waals surface area contributed by atoms with Crippen molar-refractivity contribution in [3.05, 3.63) is 36.4 Å². The van der Waals surface area contributed by atoms with Crippen LogP contribution >= 0.6 is 0 Å². The SMILES string of the molecule is CC(=O)Oc1ccc(N2C(=O)[C@H]3[C@H](C2=O)[C@]2(C(OC(C)=O)OC(C)=O)C=C[C@]3(C)O2)cc1. The topological polar surface area (TPSA) is 126 Å². The van der Waals surface area contributed by atoms with Crippen LogP contribution in [0.25, 0.3) is 0 Å². The van der Waals surface area contributed by atoms with Crippen molar-refractivity contribution in [1.29, 1.82) is 0 Å². The number of ether oxygens (including phenoxy) is 4. The van der Waals surface area contributed by atoms with Crippen LogP contribution in [0, 0.1) is 11.8 Å². The monoisotopic (exact) mass is 443 g/mol. The Morgan fingerprint density at radius 2 is 1.47 bits per heavy atom. The second-order valence-corrected chi connectivity index (χ2v) is 8.08. The summed E-state index contributed by atoms with van der Waals surface area (Å²) in [6.07, 6.45) is 1.59. The van der Waals surface area contributed by atoms with E-state index < -0.39 is 59.1 Å². The molecule has 168 valence electrons. The molecule has 0 radical (unpaired) electrons. The van der Waals surface area contributed by atoms with E-state index in [2.05, 4.69) is 0 Å². The molecule has 2 fully saturated rings. The van der Waals surface area contributed by atoms with Crippen molar-refractivity contribution in [2.75, 3.05) is 4.90 Å². The molecule has 3 aliphatic rings. The summed E-state index contributed by atoms with van der Waals surface area (Å²) in [6, 6.07) is 5.89. The fourth-order valence-electron chi connectivity index (χ4n) is 4.65. The molecular formula is C22H21NO9. The van der Waals surface area contributed by atoms with Gasteiger partial charge in [0.15, 0.2) is 5.60 Å². The summed E-state index contributed by atoms with van der Waals surface area (Å²) >= 11 is 0. The van der Waals surface area contributed by atoms with Gasteiger partial charge in [-0.3, -0.25) is 24.0 Å². The van der Waals surface area contributed by atoms with Gasteiger partial charge in [-0.1, -0.05) is 6.08 Å². The Hall–Kier alpha value is -3.53. The molecule has 0 aromatic heterocycles. The zero-order chi connectivity index (χ0) is 23.4. The largest absolute Gasteiger partial charge is 0.427 e. The van der Waals surface area contributed by atoms with Crippen LogP contribution in [0.15, 0.2) is 36.4 Å². The minimum atomic E-state index is -1.64. The number of carbonyl (C=O) groups is 5. The molecule has 32 heavy (non-hydrogen) atoms. The van der Waals surface area contributed by atoms with Crippen molar-refractivity contribution in [2.45, 2.75) is 45.2 Å². The first-order chi connectivity index (χ1) is 15.0. The van der Waals surface area contributed by atoms with E-state index in [1.165, 1.54) is 37.3 Å². The lowest BCUT2D eigenvalue weighted by molar-refractivity contribution is -0.231. The van der Waals surface area contributed by atoms with Crippen LogP contribution in [0.5, 0.6) is 5.75 Å². The van der Waals surface area contributed by atoms with Gasteiger partial charge in [-0.05, 0) is 37.3 Å². The standard InChI is InChI=1S/C22H21NO9/c1-11(24)29-15-7-5-14(6-8-15)23-18(27)16-17(19(23)28)22(10-9-21(16,4)32-22)20(30-12(2)25)31-13(3)26/h5-10,16-17,20H,1-4H3/t16-,17-,21+,22+/m1/s1. The van der Waals surface area contributed by atoms with E-state index in [4.69, 9.17) is 18.9 Å². The Morgan fingerprint density at radius 1 is 0.906 bits per heavy atom. The summed E-state index contributed by atoms with van der Waals surface area (Å²) in [4.78, 5) is 62.4. The van der Waals surface area contributed by atoms with Crippen LogP contribution in [0.3, 0.4) is 0 Å². The summed E-state index contributed by atoms with van der Waals surface area (Å²) < 4.78 is 21.5. The molecule has 4 atom stereocenters. The van der Waals surface area contributed by atoms with Crippen LogP contribution in [-0.4, -0.2) is 47.2 Å². The Balaban J connectivity index is 1.72. The van der Waals surface area contributed by atoms with E-state index in [0.717, 1.165) is 18.7 Å². The molecule has 0 spiro atoms. The van der Waals surface area contributed by atoms with Gasteiger partial charge in [-0.2, -0.15) is 0 Å². The first kappa shape index (κ1) is 21.7. The fourth-order valence-corrected chi connectivity index (χ4v) is 4.65. The van der Waals surface area contributed by atoms with Gasteiger partial charge >= 0.3 is 17.9 Å². The number of hydrogen-bond acceptors (Lipinski definition) is 9. The van der Waals surface area contributed by atoms with Gasteiger partial charge < -0.3 is 18.9 Å². The van der Waals surface area contributed by atoms with E-state index in [1.54, 1.807) is 13.0 Å². The van der Waals surface area contributed by atoms with Gasteiger partial charge in [0.1, 0.15) is 5.75 Å². The minimum absolute atomic E-state index is 0.263. The molecule has 1 aromatic carbocycles. The normalized spacial score (nSPS) is 30.0. The predicted octanol–water partition coefficient (Wildman–Crippen LogP) is 1.27. The van der Waals surface area contributed by atoms with Gasteiger partial charge in [-0.25, -0.2) is 4.90 Å². The number of amides is 2. The highest BCUT2D eigenvalue weighted by Gasteiger charge is 2.75. The minimum Gasteiger partial charge on any atom is -0.427 e. The molecule has 3 aliphatic heterocycles. The summed E-state index contributed by atoms with van der Waals surface area (Å²) in [5.41, 5.74) is -2.53. The van der Waals surface area contributed by atoms with Gasteiger partial charge in [0, 0.05) is 20.8 Å². The Bertz CT molecular complexity index is 1050. The number of carbonyl (C=O) groups excluding carboxylic acids is 5. The van der Waals surface area contributed by atoms with Crippen molar-refractivity contribution in [2.24, 2.45) is 11.8 Å². The van der Waals surface area contributed by atoms with E-state index >= 15 is 0 Å². The van der Waals surface area contributed by atoms with Crippen molar-refractivity contribution >= 4 is 35.4 Å². The number of hydrogen-bond donors (Lipinski definition) is 0. The number of nitrogens with zero attached hydrogens (tertiary/aromatic N) is 1. The highest BCUT2D eigenvalue weighted by Crippen LogP contribution is 2.59. The number of anilines is 1. The molecule has 2 saturated heterocycles. The molecule has 0 aliphatic carbocycles. The smallest absolute Gasteiger partial charge is 0.308 e. The second-order valence-electron chi connectivity index (χ2n) is 8.08. The molecule has 4 rings (SSSR count). The van der Waals surface area contributed by atoms with Crippen molar-refractivity contribution in [3.8, 4) is 5.75 Å².